The summed E-state index contributed by atoms with van der Waals surface area (Å²) in [5.74, 6) is -0.0461. The molecule has 9 heteroatoms. The second kappa shape index (κ2) is 9.88. The van der Waals surface area contributed by atoms with E-state index < -0.39 is 38.1 Å². The molecule has 29 heavy (non-hydrogen) atoms. The number of hydrogen-bond acceptors (Lipinski definition) is 7. The number of aromatic hydroxyl groups is 1. The lowest BCUT2D eigenvalue weighted by molar-refractivity contribution is -0.309. The van der Waals surface area contributed by atoms with E-state index in [2.05, 4.69) is 0 Å². The maximum Gasteiger partial charge on any atom is 0.205 e. The molecule has 1 aliphatic heterocycles. The van der Waals surface area contributed by atoms with Gasteiger partial charge in [-0.3, -0.25) is 4.57 Å². The summed E-state index contributed by atoms with van der Waals surface area (Å²) in [6, 6.07) is 6.34. The molecule has 1 aromatic rings. The van der Waals surface area contributed by atoms with E-state index in [9.17, 15) is 29.9 Å². The topological polar surface area (TPSA) is 137 Å². The highest BCUT2D eigenvalue weighted by atomic mass is 31.2. The highest BCUT2D eigenvalue weighted by Crippen LogP contribution is 2.47. The van der Waals surface area contributed by atoms with Gasteiger partial charge in [-0.05, 0) is 25.3 Å². The van der Waals surface area contributed by atoms with Crippen molar-refractivity contribution in [2.24, 2.45) is 0 Å². The Morgan fingerprint density at radius 3 is 2.41 bits per heavy atom. The van der Waals surface area contributed by atoms with Gasteiger partial charge in [0.2, 0.25) is 7.37 Å². The third-order valence-corrected chi connectivity index (χ3v) is 7.51. The van der Waals surface area contributed by atoms with Crippen molar-refractivity contribution in [3.05, 3.63) is 29.8 Å². The molecule has 0 aromatic heterocycles. The van der Waals surface area contributed by atoms with Gasteiger partial charge in [-0.15, -0.1) is 0 Å². The number of para-hydroxylation sites is 1. The Kier molecular flexibility index (Phi) is 7.73. The molecule has 0 radical (unpaired) electrons. The Labute approximate surface area is 170 Å². The Balaban J connectivity index is 1.59. The monoisotopic (exact) mass is 430 g/mol. The zero-order valence-corrected chi connectivity index (χ0v) is 17.2. The summed E-state index contributed by atoms with van der Waals surface area (Å²) in [6.07, 6.45) is -1.78. The van der Waals surface area contributed by atoms with Crippen LogP contribution in [0.4, 0.5) is 0 Å². The first-order chi connectivity index (χ1) is 13.8. The molecule has 1 heterocycles. The van der Waals surface area contributed by atoms with Crippen LogP contribution in [0.1, 0.15) is 44.1 Å². The molecule has 0 amide bonds. The quantitative estimate of drug-likeness (QED) is 0.413. The van der Waals surface area contributed by atoms with Gasteiger partial charge in [-0.25, -0.2) is 0 Å². The van der Waals surface area contributed by atoms with Crippen LogP contribution in [0.3, 0.4) is 0 Å². The van der Waals surface area contributed by atoms with Gasteiger partial charge in [0.25, 0.3) is 0 Å². The molecule has 8 nitrogen and oxygen atoms in total. The second-order valence-corrected chi connectivity index (χ2v) is 10.5. The summed E-state index contributed by atoms with van der Waals surface area (Å²) in [4.78, 5) is 10.3. The molecule has 3 rings (SSSR count). The minimum absolute atomic E-state index is 0.0108. The average Bonchev–Trinajstić information content (AvgIpc) is 2.70. The molecule has 1 aliphatic carbocycles. The van der Waals surface area contributed by atoms with Crippen molar-refractivity contribution in [2.45, 2.75) is 81.5 Å². The fourth-order valence-electron chi connectivity index (χ4n) is 3.98. The number of phenols is 1. The van der Waals surface area contributed by atoms with E-state index in [1.165, 1.54) is 6.07 Å². The highest BCUT2D eigenvalue weighted by Gasteiger charge is 2.45. The molecule has 5 N–H and O–H groups in total. The molecule has 0 bridgehead atoms. The Hall–Kier alpha value is -0.990. The maximum atomic E-state index is 12.6. The predicted molar refractivity (Wildman–Crippen MR) is 106 cm³/mol. The van der Waals surface area contributed by atoms with Gasteiger partial charge >= 0.3 is 0 Å². The number of ether oxygens (including phenoxy) is 2. The Bertz CT molecular complexity index is 707. The Morgan fingerprint density at radius 1 is 1.03 bits per heavy atom. The van der Waals surface area contributed by atoms with Crippen LogP contribution in [-0.4, -0.2) is 68.3 Å². The number of aliphatic hydroxyl groups excluding tert-OH is 3. The first-order valence-electron chi connectivity index (χ1n) is 10.2. The van der Waals surface area contributed by atoms with Gasteiger partial charge in [0, 0.05) is 11.7 Å². The molecule has 2 aliphatic rings. The third kappa shape index (κ3) is 6.01. The lowest BCUT2D eigenvalue weighted by Crippen LogP contribution is -2.59. The predicted octanol–water partition coefficient (Wildman–Crippen LogP) is 1.71. The second-order valence-electron chi connectivity index (χ2n) is 8.06. The van der Waals surface area contributed by atoms with Crippen LogP contribution in [-0.2, 0) is 20.2 Å². The SMILES string of the molecule is O=P(O)(CC[C@H]1O[C@H](OC2CCCCC2)[C@@H](O)[C@@H](O)[C@@H]1O)Cc1ccccc1O. The largest absolute Gasteiger partial charge is 0.508 e. The summed E-state index contributed by atoms with van der Waals surface area (Å²) in [7, 11) is -3.66. The minimum atomic E-state index is -3.66. The van der Waals surface area contributed by atoms with Gasteiger partial charge < -0.3 is 34.8 Å². The standard InChI is InChI=1S/C20H31O8P/c21-15-9-5-4-6-13(15)12-29(25,26)11-10-16-17(22)18(23)19(24)20(28-16)27-14-7-2-1-3-8-14/h4-6,9,14,16-24H,1-3,7-8,10-12H2,(H,25,26)/t16-,17-,18+,19+,20+/m1/s1. The lowest BCUT2D eigenvalue weighted by atomic mass is 9.96. The molecule has 2 fully saturated rings. The van der Waals surface area contributed by atoms with Crippen LogP contribution in [0, 0.1) is 0 Å². The number of aliphatic hydroxyl groups is 3. The molecule has 1 saturated heterocycles. The van der Waals surface area contributed by atoms with E-state index in [1.54, 1.807) is 18.2 Å². The Morgan fingerprint density at radius 2 is 1.72 bits per heavy atom. The van der Waals surface area contributed by atoms with Crippen LogP contribution in [0.5, 0.6) is 5.75 Å². The van der Waals surface area contributed by atoms with Crippen LogP contribution in [0.25, 0.3) is 0 Å². The van der Waals surface area contributed by atoms with Crippen LogP contribution >= 0.6 is 7.37 Å². The number of benzene rings is 1. The molecule has 1 aromatic carbocycles. The first kappa shape index (κ1) is 22.7. The molecule has 6 atom stereocenters. The van der Waals surface area contributed by atoms with Crippen molar-refractivity contribution >= 4 is 7.37 Å². The average molecular weight is 430 g/mol. The summed E-state index contributed by atoms with van der Waals surface area (Å²) >= 11 is 0. The highest BCUT2D eigenvalue weighted by molar-refractivity contribution is 7.57. The minimum Gasteiger partial charge on any atom is -0.508 e. The molecule has 0 spiro atoms. The molecule has 1 saturated carbocycles. The molecule has 1 unspecified atom stereocenters. The van der Waals surface area contributed by atoms with E-state index >= 15 is 0 Å². The lowest BCUT2D eigenvalue weighted by Gasteiger charge is -2.42. The number of hydrogen-bond donors (Lipinski definition) is 5. The van der Waals surface area contributed by atoms with Gasteiger partial charge in [-0.2, -0.15) is 0 Å². The van der Waals surface area contributed by atoms with Crippen molar-refractivity contribution in [2.75, 3.05) is 6.16 Å². The van der Waals surface area contributed by atoms with Gasteiger partial charge in [0.1, 0.15) is 24.1 Å². The van der Waals surface area contributed by atoms with Gasteiger partial charge in [0.15, 0.2) is 6.29 Å². The number of rotatable bonds is 7. The molecular weight excluding hydrogens is 399 g/mol. The number of phenolic OH excluding ortho intramolecular Hbond substituents is 1. The van der Waals surface area contributed by atoms with E-state index in [0.29, 0.717) is 5.56 Å². The van der Waals surface area contributed by atoms with E-state index in [4.69, 9.17) is 9.47 Å². The van der Waals surface area contributed by atoms with Crippen molar-refractivity contribution in [1.82, 2.24) is 0 Å². The van der Waals surface area contributed by atoms with E-state index in [0.717, 1.165) is 32.1 Å². The fraction of sp³-hybridized carbons (Fsp3) is 0.700. The summed E-state index contributed by atoms with van der Waals surface area (Å²) in [6.45, 7) is 0. The van der Waals surface area contributed by atoms with Crippen molar-refractivity contribution < 1.29 is 39.4 Å². The van der Waals surface area contributed by atoms with Crippen LogP contribution < -0.4 is 0 Å². The fourth-order valence-corrected chi connectivity index (χ4v) is 5.59. The van der Waals surface area contributed by atoms with Gasteiger partial charge in [0.05, 0.1) is 18.4 Å². The summed E-state index contributed by atoms with van der Waals surface area (Å²) in [5, 5.41) is 40.5. The molecular formula is C20H31O8P. The maximum absolute atomic E-state index is 12.6. The normalized spacial score (nSPS) is 33.3. The van der Waals surface area contributed by atoms with Crippen molar-refractivity contribution in [3.8, 4) is 5.75 Å². The zero-order valence-electron chi connectivity index (χ0n) is 16.3. The third-order valence-electron chi connectivity index (χ3n) is 5.72. The van der Waals surface area contributed by atoms with Crippen LogP contribution in [0.15, 0.2) is 24.3 Å². The van der Waals surface area contributed by atoms with Crippen molar-refractivity contribution in [3.63, 3.8) is 0 Å². The summed E-state index contributed by atoms with van der Waals surface area (Å²) in [5.41, 5.74) is 0.373. The summed E-state index contributed by atoms with van der Waals surface area (Å²) < 4.78 is 24.1. The van der Waals surface area contributed by atoms with Crippen LogP contribution in [0.2, 0.25) is 0 Å². The first-order valence-corrected chi connectivity index (χ1v) is 12.2. The van der Waals surface area contributed by atoms with E-state index in [1.807, 2.05) is 0 Å². The zero-order chi connectivity index (χ0) is 21.0. The van der Waals surface area contributed by atoms with Gasteiger partial charge in [-0.1, -0.05) is 37.5 Å². The smallest absolute Gasteiger partial charge is 0.205 e. The molecule has 164 valence electrons. The van der Waals surface area contributed by atoms with E-state index in [-0.39, 0.29) is 30.6 Å². The van der Waals surface area contributed by atoms with Crippen molar-refractivity contribution in [1.29, 1.82) is 0 Å².